The average Bonchev–Trinajstić information content (AvgIpc) is 2.94. The molecule has 1 aliphatic rings. The topological polar surface area (TPSA) is 0 Å². The molecule has 0 spiro atoms. The van der Waals surface area contributed by atoms with E-state index in [0.717, 1.165) is 0 Å². The Balaban J connectivity index is 1.96. The second-order valence-corrected chi connectivity index (χ2v) is 6.69. The fourth-order valence-corrected chi connectivity index (χ4v) is 4.11. The molecule has 0 radical (unpaired) electrons. The molecule has 0 aliphatic heterocycles. The molecule has 3 aromatic rings. The van der Waals surface area contributed by atoms with Crippen LogP contribution in [-0.4, -0.2) is 0 Å². The first kappa shape index (κ1) is 15.7. The monoisotopic (exact) mass is 322 g/mol. The highest BCUT2D eigenvalue weighted by Gasteiger charge is 2.31. The predicted octanol–water partition coefficient (Wildman–Crippen LogP) is 6.73. The Hall–Kier alpha value is -2.86. The molecule has 3 aromatic carbocycles. The summed E-state index contributed by atoms with van der Waals surface area (Å²) >= 11 is 0. The second kappa shape index (κ2) is 6.57. The van der Waals surface area contributed by atoms with Crippen LogP contribution in [0.4, 0.5) is 0 Å². The van der Waals surface area contributed by atoms with E-state index < -0.39 is 0 Å². The molecule has 0 atom stereocenters. The molecule has 0 saturated carbocycles. The molecule has 0 nitrogen and oxygen atoms in total. The lowest BCUT2D eigenvalue weighted by molar-refractivity contribution is 0.946. The normalized spacial score (nSPS) is 15.1. The summed E-state index contributed by atoms with van der Waals surface area (Å²) in [4.78, 5) is 0. The highest BCUT2D eigenvalue weighted by atomic mass is 14.3. The lowest BCUT2D eigenvalue weighted by Gasteiger charge is -2.15. The van der Waals surface area contributed by atoms with E-state index in [9.17, 15) is 0 Å². The van der Waals surface area contributed by atoms with Crippen molar-refractivity contribution in [3.05, 3.63) is 119 Å². The van der Waals surface area contributed by atoms with E-state index in [1.807, 2.05) is 0 Å². The van der Waals surface area contributed by atoms with Gasteiger partial charge in [0.2, 0.25) is 0 Å². The molecule has 25 heavy (non-hydrogen) atoms. The summed E-state index contributed by atoms with van der Waals surface area (Å²) in [6.07, 6.45) is 0. The van der Waals surface area contributed by atoms with E-state index in [-0.39, 0.29) is 0 Å². The van der Waals surface area contributed by atoms with E-state index in [4.69, 9.17) is 0 Å². The molecule has 0 heterocycles. The van der Waals surface area contributed by atoms with Crippen LogP contribution in [0.3, 0.4) is 0 Å². The molecule has 0 aromatic heterocycles. The number of hydrogen-bond acceptors (Lipinski definition) is 0. The van der Waals surface area contributed by atoms with Crippen molar-refractivity contribution < 1.29 is 0 Å². The van der Waals surface area contributed by atoms with Gasteiger partial charge in [0.05, 0.1) is 0 Å². The molecule has 122 valence electrons. The summed E-state index contributed by atoms with van der Waals surface area (Å²) in [6.45, 7) is 4.58. The van der Waals surface area contributed by atoms with Crippen LogP contribution < -0.4 is 0 Å². The maximum Gasteiger partial charge on any atom is 0.0271 e. The Bertz CT molecular complexity index is 868. The quantitative estimate of drug-likeness (QED) is 0.501. The zero-order valence-electron chi connectivity index (χ0n) is 14.7. The lowest BCUT2D eigenvalue weighted by atomic mass is 9.88. The standard InChI is InChI=1S/C25H22/c1-18-23(20-12-6-3-7-13-20)19(2)25(22-16-10-5-11-17-22)24(18)21-14-8-4-9-15-21/h3-17,23H,1-2H3. The van der Waals surface area contributed by atoms with Crippen molar-refractivity contribution in [1.82, 2.24) is 0 Å². The molecule has 1 aliphatic carbocycles. The van der Waals surface area contributed by atoms with Crippen LogP contribution in [0.25, 0.3) is 11.1 Å². The minimum absolute atomic E-state index is 0.353. The van der Waals surface area contributed by atoms with E-state index in [0.29, 0.717) is 5.92 Å². The van der Waals surface area contributed by atoms with Crippen LogP contribution >= 0.6 is 0 Å². The maximum absolute atomic E-state index is 2.29. The average molecular weight is 322 g/mol. The summed E-state index contributed by atoms with van der Waals surface area (Å²) in [6, 6.07) is 32.4. The zero-order valence-corrected chi connectivity index (χ0v) is 14.7. The molecule has 4 rings (SSSR count). The van der Waals surface area contributed by atoms with Crippen molar-refractivity contribution in [2.45, 2.75) is 19.8 Å². The molecular weight excluding hydrogens is 300 g/mol. The van der Waals surface area contributed by atoms with Crippen LogP contribution in [0.5, 0.6) is 0 Å². The van der Waals surface area contributed by atoms with Gasteiger partial charge in [-0.2, -0.15) is 0 Å². The first-order valence-electron chi connectivity index (χ1n) is 8.85. The molecule has 0 unspecified atom stereocenters. The number of allylic oxidation sites excluding steroid dienone is 4. The minimum atomic E-state index is 0.353. The predicted molar refractivity (Wildman–Crippen MR) is 107 cm³/mol. The largest absolute Gasteiger partial charge is 0.0622 e. The van der Waals surface area contributed by atoms with Gasteiger partial charge in [-0.15, -0.1) is 0 Å². The van der Waals surface area contributed by atoms with Crippen LogP contribution in [-0.2, 0) is 0 Å². The van der Waals surface area contributed by atoms with Crippen molar-refractivity contribution in [2.24, 2.45) is 0 Å². The molecule has 0 heteroatoms. The second-order valence-electron chi connectivity index (χ2n) is 6.69. The van der Waals surface area contributed by atoms with Crippen LogP contribution in [0.2, 0.25) is 0 Å². The minimum Gasteiger partial charge on any atom is -0.0622 e. The van der Waals surface area contributed by atoms with Crippen LogP contribution in [0.15, 0.2) is 102 Å². The fraction of sp³-hybridized carbons (Fsp3) is 0.120. The first-order valence-corrected chi connectivity index (χ1v) is 8.85. The fourth-order valence-electron chi connectivity index (χ4n) is 4.11. The van der Waals surface area contributed by atoms with Gasteiger partial charge in [0.25, 0.3) is 0 Å². The number of hydrogen-bond donors (Lipinski definition) is 0. The molecule has 0 saturated heterocycles. The Morgan fingerprint density at radius 1 is 0.480 bits per heavy atom. The summed E-state index contributed by atoms with van der Waals surface area (Å²) in [5, 5.41) is 0. The highest BCUT2D eigenvalue weighted by Crippen LogP contribution is 2.51. The maximum atomic E-state index is 2.29. The van der Waals surface area contributed by atoms with Gasteiger partial charge < -0.3 is 0 Å². The third-order valence-electron chi connectivity index (χ3n) is 5.16. The lowest BCUT2D eigenvalue weighted by Crippen LogP contribution is -1.98. The highest BCUT2D eigenvalue weighted by molar-refractivity contribution is 6.10. The summed E-state index contributed by atoms with van der Waals surface area (Å²) in [5.74, 6) is 0.353. The van der Waals surface area contributed by atoms with Crippen LogP contribution in [0.1, 0.15) is 36.5 Å². The molecule has 0 N–H and O–H groups in total. The van der Waals surface area contributed by atoms with Crippen molar-refractivity contribution in [1.29, 1.82) is 0 Å². The third kappa shape index (κ3) is 2.74. The van der Waals surface area contributed by atoms with Crippen molar-refractivity contribution in [3.8, 4) is 0 Å². The van der Waals surface area contributed by atoms with E-state index in [1.165, 1.54) is 39.0 Å². The molecule has 0 amide bonds. The van der Waals surface area contributed by atoms with Gasteiger partial charge in [0.15, 0.2) is 0 Å². The Morgan fingerprint density at radius 3 is 1.24 bits per heavy atom. The summed E-state index contributed by atoms with van der Waals surface area (Å²) in [7, 11) is 0. The smallest absolute Gasteiger partial charge is 0.0271 e. The SMILES string of the molecule is CC1=C(c2ccccc2)C(c2ccccc2)=C(C)C1c1ccccc1. The van der Waals surface area contributed by atoms with Gasteiger partial charge in [-0.1, -0.05) is 102 Å². The van der Waals surface area contributed by atoms with E-state index in [1.54, 1.807) is 0 Å². The Labute approximate surface area is 150 Å². The third-order valence-corrected chi connectivity index (χ3v) is 5.16. The van der Waals surface area contributed by atoms with Gasteiger partial charge in [-0.3, -0.25) is 0 Å². The van der Waals surface area contributed by atoms with Gasteiger partial charge >= 0.3 is 0 Å². The Morgan fingerprint density at radius 2 is 0.840 bits per heavy atom. The summed E-state index contributed by atoms with van der Waals surface area (Å²) in [5.41, 5.74) is 9.63. The van der Waals surface area contributed by atoms with Gasteiger partial charge in [-0.25, -0.2) is 0 Å². The van der Waals surface area contributed by atoms with Crippen LogP contribution in [0, 0.1) is 0 Å². The van der Waals surface area contributed by atoms with Gasteiger partial charge in [-0.05, 0) is 41.7 Å². The van der Waals surface area contributed by atoms with E-state index >= 15 is 0 Å². The van der Waals surface area contributed by atoms with Crippen molar-refractivity contribution in [3.63, 3.8) is 0 Å². The molecular formula is C25H22. The first-order chi connectivity index (χ1) is 12.3. The molecule has 0 bridgehead atoms. The van der Waals surface area contributed by atoms with Gasteiger partial charge in [0.1, 0.15) is 0 Å². The van der Waals surface area contributed by atoms with Crippen molar-refractivity contribution in [2.75, 3.05) is 0 Å². The van der Waals surface area contributed by atoms with Crippen molar-refractivity contribution >= 4 is 11.1 Å². The zero-order chi connectivity index (χ0) is 17.2. The summed E-state index contributed by atoms with van der Waals surface area (Å²) < 4.78 is 0. The Kier molecular flexibility index (Phi) is 4.11. The number of benzene rings is 3. The molecule has 0 fully saturated rings. The van der Waals surface area contributed by atoms with Gasteiger partial charge in [0, 0.05) is 5.92 Å². The number of rotatable bonds is 3. The van der Waals surface area contributed by atoms with E-state index in [2.05, 4.69) is 105 Å².